The van der Waals surface area contributed by atoms with E-state index in [-0.39, 0.29) is 5.66 Å². The van der Waals surface area contributed by atoms with Gasteiger partial charge in [0.15, 0.2) is 0 Å². The lowest BCUT2D eigenvalue weighted by Gasteiger charge is -2.19. The van der Waals surface area contributed by atoms with E-state index in [0.29, 0.717) is 5.56 Å². The van der Waals surface area contributed by atoms with Crippen LogP contribution in [0.1, 0.15) is 24.2 Å². The first-order chi connectivity index (χ1) is 6.11. The van der Waals surface area contributed by atoms with E-state index >= 15 is 0 Å². The highest BCUT2D eigenvalue weighted by Gasteiger charge is 2.25. The maximum Gasteiger partial charge on any atom is 0.150 e. The molecule has 0 spiro atoms. The maximum atomic E-state index is 10.5. The number of carbonyl (C=O) groups is 1. The summed E-state index contributed by atoms with van der Waals surface area (Å²) < 4.78 is 0. The fourth-order valence-electron chi connectivity index (χ4n) is 1.55. The number of nitrogens with one attached hydrogen (secondary N) is 2. The molecule has 0 aliphatic carbocycles. The first-order valence-corrected chi connectivity index (χ1v) is 4.26. The van der Waals surface area contributed by atoms with Gasteiger partial charge in [0, 0.05) is 5.56 Å². The zero-order valence-electron chi connectivity index (χ0n) is 7.72. The molecule has 0 unspecified atom stereocenters. The first-order valence-electron chi connectivity index (χ1n) is 4.26. The molecule has 0 amide bonds. The minimum Gasteiger partial charge on any atom is -0.362 e. The van der Waals surface area contributed by atoms with E-state index in [1.165, 1.54) is 0 Å². The molecule has 1 aromatic rings. The van der Waals surface area contributed by atoms with Crippen molar-refractivity contribution >= 4 is 17.7 Å². The lowest BCUT2D eigenvalue weighted by molar-refractivity contribution is 0.112. The van der Waals surface area contributed by atoms with Gasteiger partial charge in [0.25, 0.3) is 0 Å². The maximum absolute atomic E-state index is 10.5. The van der Waals surface area contributed by atoms with Gasteiger partial charge in [-0.15, -0.1) is 0 Å². The van der Waals surface area contributed by atoms with E-state index in [9.17, 15) is 4.79 Å². The van der Waals surface area contributed by atoms with E-state index in [1.807, 2.05) is 32.0 Å². The van der Waals surface area contributed by atoms with E-state index in [2.05, 4.69) is 10.6 Å². The number of hydrogen-bond donors (Lipinski definition) is 2. The summed E-state index contributed by atoms with van der Waals surface area (Å²) in [4.78, 5) is 10.5. The summed E-state index contributed by atoms with van der Waals surface area (Å²) in [6.45, 7) is 4.10. The Bertz CT molecular complexity index is 358. The molecule has 0 atom stereocenters. The Morgan fingerprint density at radius 1 is 1.23 bits per heavy atom. The van der Waals surface area contributed by atoms with Crippen LogP contribution in [0.2, 0.25) is 0 Å². The van der Waals surface area contributed by atoms with Crippen molar-refractivity contribution in [1.82, 2.24) is 0 Å². The summed E-state index contributed by atoms with van der Waals surface area (Å²) in [6.07, 6.45) is 0.854. The van der Waals surface area contributed by atoms with Crippen molar-refractivity contribution in [3.05, 3.63) is 23.8 Å². The fourth-order valence-corrected chi connectivity index (χ4v) is 1.55. The van der Waals surface area contributed by atoms with Crippen LogP contribution in [-0.2, 0) is 0 Å². The highest BCUT2D eigenvalue weighted by molar-refractivity contribution is 5.84. The third kappa shape index (κ3) is 1.37. The molecule has 2 N–H and O–H groups in total. The Balaban J connectivity index is 2.41. The number of rotatable bonds is 1. The zero-order valence-corrected chi connectivity index (χ0v) is 7.72. The van der Waals surface area contributed by atoms with E-state index in [0.717, 1.165) is 17.7 Å². The van der Waals surface area contributed by atoms with Gasteiger partial charge in [-0.1, -0.05) is 0 Å². The minimum atomic E-state index is -0.121. The van der Waals surface area contributed by atoms with Crippen LogP contribution in [0.3, 0.4) is 0 Å². The summed E-state index contributed by atoms with van der Waals surface area (Å²) in [5, 5.41) is 6.58. The molecule has 3 nitrogen and oxygen atoms in total. The predicted molar refractivity (Wildman–Crippen MR) is 53.2 cm³/mol. The van der Waals surface area contributed by atoms with E-state index < -0.39 is 0 Å². The van der Waals surface area contributed by atoms with Gasteiger partial charge in [0.2, 0.25) is 0 Å². The zero-order chi connectivity index (χ0) is 9.47. The Morgan fingerprint density at radius 3 is 2.62 bits per heavy atom. The largest absolute Gasteiger partial charge is 0.362 e. The van der Waals surface area contributed by atoms with Gasteiger partial charge < -0.3 is 10.6 Å². The monoisotopic (exact) mass is 176 g/mol. The van der Waals surface area contributed by atoms with Crippen LogP contribution in [0.25, 0.3) is 0 Å². The summed E-state index contributed by atoms with van der Waals surface area (Å²) in [5.41, 5.74) is 2.63. The van der Waals surface area contributed by atoms with Crippen LogP contribution < -0.4 is 10.6 Å². The molecule has 0 saturated carbocycles. The second-order valence-corrected chi connectivity index (χ2v) is 3.80. The molecule has 1 aliphatic rings. The molecule has 1 aromatic carbocycles. The average molecular weight is 176 g/mol. The quantitative estimate of drug-likeness (QED) is 0.643. The third-order valence-electron chi connectivity index (χ3n) is 2.07. The van der Waals surface area contributed by atoms with Gasteiger partial charge >= 0.3 is 0 Å². The van der Waals surface area contributed by atoms with Crippen molar-refractivity contribution in [2.45, 2.75) is 19.5 Å². The molecule has 0 aromatic heterocycles. The topological polar surface area (TPSA) is 41.1 Å². The van der Waals surface area contributed by atoms with E-state index in [1.54, 1.807) is 0 Å². The minimum absolute atomic E-state index is 0.121. The molecule has 0 fully saturated rings. The average Bonchev–Trinajstić information content (AvgIpc) is 2.36. The number of hydrogen-bond acceptors (Lipinski definition) is 3. The van der Waals surface area contributed by atoms with Crippen molar-refractivity contribution in [2.24, 2.45) is 0 Å². The molecule has 0 bridgehead atoms. The van der Waals surface area contributed by atoms with Gasteiger partial charge in [-0.05, 0) is 32.0 Å². The molecule has 2 rings (SSSR count). The molecular formula is C10H12N2O. The smallest absolute Gasteiger partial charge is 0.150 e. The van der Waals surface area contributed by atoms with Crippen LogP contribution in [0.4, 0.5) is 11.4 Å². The van der Waals surface area contributed by atoms with Crippen LogP contribution in [0.15, 0.2) is 18.2 Å². The van der Waals surface area contributed by atoms with Gasteiger partial charge in [0.05, 0.1) is 11.4 Å². The number of aldehydes is 1. The second kappa shape index (κ2) is 2.49. The molecule has 1 aliphatic heterocycles. The fraction of sp³-hybridized carbons (Fsp3) is 0.300. The molecule has 68 valence electrons. The van der Waals surface area contributed by atoms with E-state index in [4.69, 9.17) is 0 Å². The van der Waals surface area contributed by atoms with Gasteiger partial charge in [-0.2, -0.15) is 0 Å². The molecule has 0 saturated heterocycles. The van der Waals surface area contributed by atoms with Gasteiger partial charge in [-0.3, -0.25) is 4.79 Å². The highest BCUT2D eigenvalue weighted by atomic mass is 16.1. The Labute approximate surface area is 77.1 Å². The van der Waals surface area contributed by atoms with Gasteiger partial charge in [0.1, 0.15) is 11.9 Å². The third-order valence-corrected chi connectivity index (χ3v) is 2.07. The number of carbonyl (C=O) groups excluding carboxylic acids is 1. The molecule has 0 radical (unpaired) electrons. The summed E-state index contributed by atoms with van der Waals surface area (Å²) in [6, 6.07) is 5.58. The summed E-state index contributed by atoms with van der Waals surface area (Å²) in [7, 11) is 0. The molecule has 13 heavy (non-hydrogen) atoms. The summed E-state index contributed by atoms with van der Waals surface area (Å²) in [5.74, 6) is 0. The number of fused-ring (bicyclic) bond motifs is 1. The van der Waals surface area contributed by atoms with Crippen LogP contribution in [0, 0.1) is 0 Å². The highest BCUT2D eigenvalue weighted by Crippen LogP contribution is 2.33. The Kier molecular flexibility index (Phi) is 1.55. The molecule has 3 heteroatoms. The number of anilines is 2. The Hall–Kier alpha value is -1.51. The van der Waals surface area contributed by atoms with Crippen molar-refractivity contribution in [3.63, 3.8) is 0 Å². The van der Waals surface area contributed by atoms with Crippen molar-refractivity contribution < 1.29 is 4.79 Å². The molecule has 1 heterocycles. The van der Waals surface area contributed by atoms with Crippen LogP contribution in [-0.4, -0.2) is 11.9 Å². The second-order valence-electron chi connectivity index (χ2n) is 3.80. The van der Waals surface area contributed by atoms with Crippen molar-refractivity contribution in [1.29, 1.82) is 0 Å². The van der Waals surface area contributed by atoms with Crippen molar-refractivity contribution in [3.8, 4) is 0 Å². The SMILES string of the molecule is CC1(C)Nc2ccc(C=O)cc2N1. The van der Waals surface area contributed by atoms with Crippen LogP contribution in [0.5, 0.6) is 0 Å². The normalized spacial score (nSPS) is 17.1. The van der Waals surface area contributed by atoms with Crippen molar-refractivity contribution in [2.75, 3.05) is 10.6 Å². The Morgan fingerprint density at radius 2 is 1.92 bits per heavy atom. The number of benzene rings is 1. The predicted octanol–water partition coefficient (Wildman–Crippen LogP) is 2.07. The molecular weight excluding hydrogens is 164 g/mol. The van der Waals surface area contributed by atoms with Crippen LogP contribution >= 0.6 is 0 Å². The standard InChI is InChI=1S/C10H12N2O/c1-10(2)11-8-4-3-7(6-13)5-9(8)12-10/h3-6,11-12H,1-2H3. The lowest BCUT2D eigenvalue weighted by Crippen LogP contribution is -2.33. The summed E-state index contributed by atoms with van der Waals surface area (Å²) >= 11 is 0. The first kappa shape index (κ1) is 8.10. The lowest BCUT2D eigenvalue weighted by atomic mass is 10.2. The van der Waals surface area contributed by atoms with Gasteiger partial charge in [-0.25, -0.2) is 0 Å².